The Morgan fingerprint density at radius 1 is 1.03 bits per heavy atom. The van der Waals surface area contributed by atoms with Crippen LogP contribution in [0.15, 0.2) is 23.2 Å². The van der Waals surface area contributed by atoms with Crippen molar-refractivity contribution in [3.8, 4) is 11.5 Å². The topological polar surface area (TPSA) is 87.2 Å². The second-order valence-electron chi connectivity index (χ2n) is 8.74. The van der Waals surface area contributed by atoms with Crippen LogP contribution in [0.3, 0.4) is 0 Å². The van der Waals surface area contributed by atoms with E-state index in [-0.39, 0.29) is 5.91 Å². The lowest BCUT2D eigenvalue weighted by atomic mass is 9.95. The van der Waals surface area contributed by atoms with Crippen molar-refractivity contribution in [1.29, 1.82) is 0 Å². The molecule has 3 rings (SSSR count). The van der Waals surface area contributed by atoms with Crippen molar-refractivity contribution in [2.45, 2.75) is 63.6 Å². The molecule has 2 aliphatic rings. The van der Waals surface area contributed by atoms with Crippen LogP contribution in [-0.2, 0) is 11.3 Å². The van der Waals surface area contributed by atoms with E-state index in [2.05, 4.69) is 38.0 Å². The Hall–Kier alpha value is -2.48. The van der Waals surface area contributed by atoms with Gasteiger partial charge in [0.2, 0.25) is 5.91 Å². The van der Waals surface area contributed by atoms with E-state index in [1.807, 2.05) is 6.07 Å². The molecule has 1 atom stereocenters. The first-order valence-corrected chi connectivity index (χ1v) is 11.8. The highest BCUT2D eigenvalue weighted by Gasteiger charge is 2.23. The van der Waals surface area contributed by atoms with Crippen LogP contribution in [0.1, 0.15) is 50.5 Å². The summed E-state index contributed by atoms with van der Waals surface area (Å²) in [4.78, 5) is 18.9. The number of amides is 1. The van der Waals surface area contributed by atoms with E-state index >= 15 is 0 Å². The van der Waals surface area contributed by atoms with Crippen LogP contribution >= 0.6 is 0 Å². The van der Waals surface area contributed by atoms with Crippen molar-refractivity contribution in [3.05, 3.63) is 23.8 Å². The van der Waals surface area contributed by atoms with Gasteiger partial charge >= 0.3 is 0 Å². The largest absolute Gasteiger partial charge is 0.497 e. The third-order valence-corrected chi connectivity index (χ3v) is 6.27. The van der Waals surface area contributed by atoms with E-state index in [0.717, 1.165) is 56.4 Å². The van der Waals surface area contributed by atoms with Gasteiger partial charge in [0, 0.05) is 57.8 Å². The number of nitrogens with one attached hydrogen (secondary N) is 3. The van der Waals surface area contributed by atoms with Gasteiger partial charge in [-0.05, 0) is 37.0 Å². The summed E-state index contributed by atoms with van der Waals surface area (Å²) in [6.07, 6.45) is 7.48. The molecule has 178 valence electrons. The van der Waals surface area contributed by atoms with Crippen LogP contribution in [0.5, 0.6) is 11.5 Å². The number of benzene rings is 1. The van der Waals surface area contributed by atoms with E-state index in [1.54, 1.807) is 21.3 Å². The van der Waals surface area contributed by atoms with Gasteiger partial charge in [-0.25, -0.2) is 0 Å². The smallest absolute Gasteiger partial charge is 0.221 e. The average Bonchev–Trinajstić information content (AvgIpc) is 3.25. The SMILES string of the molecule is CN=C(NCCC(=O)NC1CCCCC1)NC1CCN(Cc2cc(OC)cc(OC)c2)C1. The fourth-order valence-corrected chi connectivity index (χ4v) is 4.54. The van der Waals surface area contributed by atoms with Gasteiger partial charge < -0.3 is 25.4 Å². The summed E-state index contributed by atoms with van der Waals surface area (Å²) in [7, 11) is 5.12. The van der Waals surface area contributed by atoms with Crippen molar-refractivity contribution >= 4 is 11.9 Å². The Morgan fingerprint density at radius 2 is 1.75 bits per heavy atom. The second-order valence-corrected chi connectivity index (χ2v) is 8.74. The molecule has 1 aromatic carbocycles. The zero-order chi connectivity index (χ0) is 22.8. The number of aliphatic imine (C=N–C) groups is 1. The van der Waals surface area contributed by atoms with E-state index in [9.17, 15) is 4.79 Å². The highest BCUT2D eigenvalue weighted by molar-refractivity contribution is 5.81. The van der Waals surface area contributed by atoms with Crippen LogP contribution in [0.2, 0.25) is 0 Å². The molecule has 32 heavy (non-hydrogen) atoms. The van der Waals surface area contributed by atoms with Gasteiger partial charge in [0.05, 0.1) is 14.2 Å². The molecule has 1 aromatic rings. The minimum absolute atomic E-state index is 0.126. The minimum atomic E-state index is 0.126. The molecule has 1 amide bonds. The number of hydrogen-bond acceptors (Lipinski definition) is 5. The molecule has 2 fully saturated rings. The number of guanidine groups is 1. The number of methoxy groups -OCH3 is 2. The van der Waals surface area contributed by atoms with Crippen molar-refractivity contribution in [3.63, 3.8) is 0 Å². The molecule has 1 aliphatic carbocycles. The van der Waals surface area contributed by atoms with Crippen LogP contribution in [0.25, 0.3) is 0 Å². The Kier molecular flexibility index (Phi) is 9.46. The summed E-state index contributed by atoms with van der Waals surface area (Å²) < 4.78 is 10.8. The molecule has 3 N–H and O–H groups in total. The monoisotopic (exact) mass is 445 g/mol. The number of nitrogens with zero attached hydrogens (tertiary/aromatic N) is 2. The third-order valence-electron chi connectivity index (χ3n) is 6.27. The fraction of sp³-hybridized carbons (Fsp3) is 0.667. The Balaban J connectivity index is 1.38. The zero-order valence-corrected chi connectivity index (χ0v) is 19.8. The van der Waals surface area contributed by atoms with Crippen LogP contribution in [0, 0.1) is 0 Å². The highest BCUT2D eigenvalue weighted by Crippen LogP contribution is 2.24. The Morgan fingerprint density at radius 3 is 2.41 bits per heavy atom. The molecule has 1 saturated heterocycles. The van der Waals surface area contributed by atoms with Crippen LogP contribution in [-0.4, -0.2) is 69.8 Å². The standard InChI is InChI=1S/C24H39N5O3/c1-25-24(26-11-9-23(30)27-19-7-5-4-6-8-19)28-20-10-12-29(17-20)16-18-13-21(31-2)15-22(14-18)32-3/h13-15,19-20H,4-12,16-17H2,1-3H3,(H,27,30)(H2,25,26,28). The maximum Gasteiger partial charge on any atom is 0.221 e. The Bertz CT molecular complexity index is 742. The van der Waals surface area contributed by atoms with E-state index in [4.69, 9.17) is 9.47 Å². The lowest BCUT2D eigenvalue weighted by Crippen LogP contribution is -2.45. The van der Waals surface area contributed by atoms with E-state index < -0.39 is 0 Å². The first-order valence-electron chi connectivity index (χ1n) is 11.8. The summed E-state index contributed by atoms with van der Waals surface area (Å²) in [5.41, 5.74) is 1.17. The maximum absolute atomic E-state index is 12.2. The van der Waals surface area contributed by atoms with E-state index in [1.165, 1.54) is 24.8 Å². The van der Waals surface area contributed by atoms with Crippen LogP contribution < -0.4 is 25.4 Å². The molecule has 1 aliphatic heterocycles. The number of carbonyl (C=O) groups is 1. The summed E-state index contributed by atoms with van der Waals surface area (Å²) in [5, 5.41) is 9.95. The highest BCUT2D eigenvalue weighted by atomic mass is 16.5. The molecule has 1 heterocycles. The number of ether oxygens (including phenoxy) is 2. The van der Waals surface area contributed by atoms with Gasteiger partial charge in [-0.2, -0.15) is 0 Å². The van der Waals surface area contributed by atoms with Crippen molar-refractivity contribution in [2.24, 2.45) is 4.99 Å². The molecular formula is C24H39N5O3. The molecular weight excluding hydrogens is 406 g/mol. The third kappa shape index (κ3) is 7.58. The van der Waals surface area contributed by atoms with Crippen molar-refractivity contribution in [1.82, 2.24) is 20.9 Å². The van der Waals surface area contributed by atoms with Crippen LogP contribution in [0.4, 0.5) is 0 Å². The normalized spacial score (nSPS) is 20.1. The molecule has 0 spiro atoms. The molecule has 8 heteroatoms. The molecule has 0 bridgehead atoms. The lowest BCUT2D eigenvalue weighted by molar-refractivity contribution is -0.121. The number of hydrogen-bond donors (Lipinski definition) is 3. The molecule has 0 radical (unpaired) electrons. The van der Waals surface area contributed by atoms with Gasteiger partial charge in [-0.15, -0.1) is 0 Å². The van der Waals surface area contributed by atoms with Crippen molar-refractivity contribution < 1.29 is 14.3 Å². The maximum atomic E-state index is 12.2. The number of rotatable bonds is 9. The van der Waals surface area contributed by atoms with Gasteiger partial charge in [0.15, 0.2) is 5.96 Å². The van der Waals surface area contributed by atoms with Gasteiger partial charge in [0.1, 0.15) is 11.5 Å². The summed E-state index contributed by atoms with van der Waals surface area (Å²) in [5.74, 6) is 2.50. The molecule has 8 nitrogen and oxygen atoms in total. The summed E-state index contributed by atoms with van der Waals surface area (Å²) >= 11 is 0. The summed E-state index contributed by atoms with van der Waals surface area (Å²) in [6.45, 7) is 3.37. The molecule has 1 unspecified atom stereocenters. The lowest BCUT2D eigenvalue weighted by Gasteiger charge is -2.23. The minimum Gasteiger partial charge on any atom is -0.497 e. The van der Waals surface area contributed by atoms with Crippen molar-refractivity contribution in [2.75, 3.05) is 40.9 Å². The first kappa shape index (κ1) is 24.2. The Labute approximate surface area is 192 Å². The molecule has 0 aromatic heterocycles. The van der Waals surface area contributed by atoms with Gasteiger partial charge in [0.25, 0.3) is 0 Å². The predicted octanol–water partition coefficient (Wildman–Crippen LogP) is 2.28. The summed E-state index contributed by atoms with van der Waals surface area (Å²) in [6, 6.07) is 6.69. The fourth-order valence-electron chi connectivity index (χ4n) is 4.54. The van der Waals surface area contributed by atoms with Gasteiger partial charge in [-0.3, -0.25) is 14.7 Å². The molecule has 1 saturated carbocycles. The number of carbonyl (C=O) groups excluding carboxylic acids is 1. The second kappa shape index (κ2) is 12.5. The van der Waals surface area contributed by atoms with Gasteiger partial charge in [-0.1, -0.05) is 19.3 Å². The quantitative estimate of drug-likeness (QED) is 0.399. The average molecular weight is 446 g/mol. The zero-order valence-electron chi connectivity index (χ0n) is 19.8. The van der Waals surface area contributed by atoms with E-state index in [0.29, 0.717) is 25.0 Å². The first-order chi connectivity index (χ1) is 15.6. The number of likely N-dealkylation sites (tertiary alicyclic amines) is 1. The predicted molar refractivity (Wildman–Crippen MR) is 127 cm³/mol.